The second kappa shape index (κ2) is 8.18. The van der Waals surface area contributed by atoms with Crippen molar-refractivity contribution < 1.29 is 8.42 Å². The SMILES string of the molecule is C#CCN(CC)S(=O)(=O)c1ccc(CCNC(C)C)cc1. The summed E-state index contributed by atoms with van der Waals surface area (Å²) in [5.41, 5.74) is 1.11. The molecule has 0 aromatic heterocycles. The van der Waals surface area contributed by atoms with Gasteiger partial charge in [-0.25, -0.2) is 8.42 Å². The molecule has 0 heterocycles. The molecule has 1 N–H and O–H groups in total. The van der Waals surface area contributed by atoms with Crippen LogP contribution < -0.4 is 5.32 Å². The van der Waals surface area contributed by atoms with Crippen LogP contribution in [0, 0.1) is 12.3 Å². The third kappa shape index (κ3) is 5.16. The van der Waals surface area contributed by atoms with Gasteiger partial charge in [0.2, 0.25) is 10.0 Å². The van der Waals surface area contributed by atoms with Gasteiger partial charge in [-0.15, -0.1) is 6.42 Å². The topological polar surface area (TPSA) is 49.4 Å². The van der Waals surface area contributed by atoms with Crippen molar-refractivity contribution in [1.29, 1.82) is 0 Å². The number of nitrogens with one attached hydrogen (secondary N) is 1. The highest BCUT2D eigenvalue weighted by Crippen LogP contribution is 2.16. The number of sulfonamides is 1. The van der Waals surface area contributed by atoms with Crippen LogP contribution in [0.4, 0.5) is 0 Å². The summed E-state index contributed by atoms with van der Waals surface area (Å²) in [7, 11) is -3.49. The molecule has 0 radical (unpaired) electrons. The zero-order chi connectivity index (χ0) is 15.9. The van der Waals surface area contributed by atoms with E-state index in [0.29, 0.717) is 17.5 Å². The Labute approximate surface area is 128 Å². The molecule has 0 fully saturated rings. The third-order valence-electron chi connectivity index (χ3n) is 3.15. The number of hydrogen-bond acceptors (Lipinski definition) is 3. The predicted molar refractivity (Wildman–Crippen MR) is 86.6 cm³/mol. The van der Waals surface area contributed by atoms with E-state index in [2.05, 4.69) is 25.1 Å². The number of hydrogen-bond donors (Lipinski definition) is 1. The van der Waals surface area contributed by atoms with Gasteiger partial charge in [0.25, 0.3) is 0 Å². The van der Waals surface area contributed by atoms with E-state index in [1.807, 2.05) is 12.1 Å². The molecular weight excluding hydrogens is 284 g/mol. The predicted octanol–water partition coefficient (Wildman–Crippen LogP) is 1.87. The summed E-state index contributed by atoms with van der Waals surface area (Å²) in [6.45, 7) is 7.31. The van der Waals surface area contributed by atoms with Gasteiger partial charge in [0.15, 0.2) is 0 Å². The lowest BCUT2D eigenvalue weighted by Crippen LogP contribution is -2.31. The first kappa shape index (κ1) is 17.7. The van der Waals surface area contributed by atoms with E-state index in [-0.39, 0.29) is 6.54 Å². The van der Waals surface area contributed by atoms with E-state index in [1.165, 1.54) is 4.31 Å². The average Bonchev–Trinajstić information content (AvgIpc) is 2.44. The van der Waals surface area contributed by atoms with E-state index in [9.17, 15) is 8.42 Å². The third-order valence-corrected chi connectivity index (χ3v) is 5.08. The van der Waals surface area contributed by atoms with Crippen LogP contribution in [0.15, 0.2) is 29.2 Å². The molecular formula is C16H24N2O2S. The van der Waals surface area contributed by atoms with Crippen LogP contribution in [0.25, 0.3) is 0 Å². The number of benzene rings is 1. The van der Waals surface area contributed by atoms with Gasteiger partial charge >= 0.3 is 0 Å². The van der Waals surface area contributed by atoms with Gasteiger partial charge in [-0.2, -0.15) is 4.31 Å². The van der Waals surface area contributed by atoms with Crippen molar-refractivity contribution >= 4 is 10.0 Å². The summed E-state index contributed by atoms with van der Waals surface area (Å²) in [5.74, 6) is 2.38. The van der Waals surface area contributed by atoms with Gasteiger partial charge in [0.1, 0.15) is 0 Å². The van der Waals surface area contributed by atoms with Gasteiger partial charge in [0.05, 0.1) is 11.4 Å². The van der Waals surface area contributed by atoms with Gasteiger partial charge in [-0.05, 0) is 30.7 Å². The lowest BCUT2D eigenvalue weighted by atomic mass is 10.1. The van der Waals surface area contributed by atoms with Gasteiger partial charge in [0, 0.05) is 12.6 Å². The monoisotopic (exact) mass is 308 g/mol. The van der Waals surface area contributed by atoms with Crippen LogP contribution in [0.2, 0.25) is 0 Å². The Kier molecular flexibility index (Phi) is 6.90. The molecule has 5 heteroatoms. The molecule has 0 unspecified atom stereocenters. The fourth-order valence-corrected chi connectivity index (χ4v) is 3.31. The summed E-state index contributed by atoms with van der Waals surface area (Å²) in [6.07, 6.45) is 6.10. The van der Waals surface area contributed by atoms with Crippen molar-refractivity contribution in [3.05, 3.63) is 29.8 Å². The Bertz CT molecular complexity index is 571. The van der Waals surface area contributed by atoms with E-state index in [1.54, 1.807) is 19.1 Å². The molecule has 0 saturated heterocycles. The standard InChI is InChI=1S/C16H24N2O2S/c1-5-13-18(6-2)21(19,20)16-9-7-15(8-10-16)11-12-17-14(3)4/h1,7-10,14,17H,6,11-13H2,2-4H3. The van der Waals surface area contributed by atoms with Crippen LogP contribution in [0.1, 0.15) is 26.3 Å². The van der Waals surface area contributed by atoms with E-state index in [0.717, 1.165) is 18.5 Å². The molecule has 4 nitrogen and oxygen atoms in total. The van der Waals surface area contributed by atoms with Crippen LogP contribution in [-0.2, 0) is 16.4 Å². The molecule has 0 bridgehead atoms. The minimum absolute atomic E-state index is 0.0961. The Balaban J connectivity index is 2.79. The van der Waals surface area contributed by atoms with Crippen molar-refractivity contribution in [2.45, 2.75) is 38.1 Å². The summed E-state index contributed by atoms with van der Waals surface area (Å²) in [4.78, 5) is 0.292. The van der Waals surface area contributed by atoms with Gasteiger partial charge in [-0.3, -0.25) is 0 Å². The van der Waals surface area contributed by atoms with Crippen molar-refractivity contribution in [1.82, 2.24) is 9.62 Å². The van der Waals surface area contributed by atoms with Crippen LogP contribution in [-0.4, -0.2) is 38.4 Å². The Morgan fingerprint density at radius 2 is 1.90 bits per heavy atom. The quantitative estimate of drug-likeness (QED) is 0.746. The minimum atomic E-state index is -3.49. The highest BCUT2D eigenvalue weighted by atomic mass is 32.2. The second-order valence-corrected chi connectivity index (χ2v) is 7.08. The molecule has 21 heavy (non-hydrogen) atoms. The van der Waals surface area contributed by atoms with E-state index >= 15 is 0 Å². The Morgan fingerprint density at radius 3 is 2.38 bits per heavy atom. The fraction of sp³-hybridized carbons (Fsp3) is 0.500. The molecule has 0 spiro atoms. The number of terminal acetylenes is 1. The normalized spacial score (nSPS) is 11.8. The highest BCUT2D eigenvalue weighted by Gasteiger charge is 2.21. The zero-order valence-corrected chi connectivity index (χ0v) is 13.8. The summed E-state index contributed by atoms with van der Waals surface area (Å²) in [5, 5.41) is 3.33. The first-order valence-corrected chi connectivity index (χ1v) is 8.61. The molecule has 0 atom stereocenters. The second-order valence-electron chi connectivity index (χ2n) is 5.14. The maximum absolute atomic E-state index is 12.4. The van der Waals surface area contributed by atoms with Crippen LogP contribution in [0.5, 0.6) is 0 Å². The number of rotatable bonds is 8. The van der Waals surface area contributed by atoms with Crippen LogP contribution in [0.3, 0.4) is 0 Å². The molecule has 116 valence electrons. The molecule has 1 rings (SSSR count). The first-order chi connectivity index (χ1) is 9.91. The van der Waals surface area contributed by atoms with Crippen molar-refractivity contribution in [3.63, 3.8) is 0 Å². The lowest BCUT2D eigenvalue weighted by Gasteiger charge is -2.18. The lowest BCUT2D eigenvalue weighted by molar-refractivity contribution is 0.464. The number of nitrogens with zero attached hydrogens (tertiary/aromatic N) is 1. The van der Waals surface area contributed by atoms with E-state index in [4.69, 9.17) is 6.42 Å². The Hall–Kier alpha value is -1.35. The Morgan fingerprint density at radius 1 is 1.29 bits per heavy atom. The average molecular weight is 308 g/mol. The van der Waals surface area contributed by atoms with Crippen LogP contribution >= 0.6 is 0 Å². The molecule has 0 aliphatic carbocycles. The van der Waals surface area contributed by atoms with Crippen molar-refractivity contribution in [2.24, 2.45) is 0 Å². The largest absolute Gasteiger partial charge is 0.314 e. The summed E-state index contributed by atoms with van der Waals surface area (Å²) >= 11 is 0. The van der Waals surface area contributed by atoms with E-state index < -0.39 is 10.0 Å². The van der Waals surface area contributed by atoms with Gasteiger partial charge in [-0.1, -0.05) is 38.8 Å². The first-order valence-electron chi connectivity index (χ1n) is 7.17. The summed E-state index contributed by atoms with van der Waals surface area (Å²) in [6, 6.07) is 7.47. The molecule has 0 aliphatic heterocycles. The summed E-state index contributed by atoms with van der Waals surface area (Å²) < 4.78 is 26.1. The van der Waals surface area contributed by atoms with Crippen molar-refractivity contribution in [2.75, 3.05) is 19.6 Å². The van der Waals surface area contributed by atoms with Crippen molar-refractivity contribution in [3.8, 4) is 12.3 Å². The molecule has 1 aromatic carbocycles. The highest BCUT2D eigenvalue weighted by molar-refractivity contribution is 7.89. The van der Waals surface area contributed by atoms with Gasteiger partial charge < -0.3 is 5.32 Å². The maximum atomic E-state index is 12.4. The molecule has 0 saturated carbocycles. The minimum Gasteiger partial charge on any atom is -0.314 e. The molecule has 0 aliphatic rings. The maximum Gasteiger partial charge on any atom is 0.243 e. The molecule has 1 aromatic rings. The fourth-order valence-electron chi connectivity index (χ4n) is 1.95. The zero-order valence-electron chi connectivity index (χ0n) is 13.0. The molecule has 0 amide bonds. The smallest absolute Gasteiger partial charge is 0.243 e.